The Morgan fingerprint density at radius 1 is 1.44 bits per heavy atom. The Hall–Kier alpha value is -1.78. The lowest BCUT2D eigenvalue weighted by Crippen LogP contribution is -2.19. The molecule has 1 N–H and O–H groups in total. The summed E-state index contributed by atoms with van der Waals surface area (Å²) in [4.78, 5) is 15.6. The molecule has 1 saturated carbocycles. The van der Waals surface area contributed by atoms with Crippen LogP contribution in [0.15, 0.2) is 12.3 Å². The van der Waals surface area contributed by atoms with Gasteiger partial charge in [0.1, 0.15) is 5.69 Å². The Labute approximate surface area is 107 Å². The molecule has 0 unspecified atom stereocenters. The minimum Gasteiger partial charge on any atom is -0.486 e. The number of nitrogens with zero attached hydrogens (tertiary/aromatic N) is 1. The zero-order chi connectivity index (χ0) is 13.1. The first-order valence-corrected chi connectivity index (χ1v) is 6.15. The maximum absolute atomic E-state index is 11.5. The minimum absolute atomic E-state index is 0.0409. The van der Waals surface area contributed by atoms with Crippen LogP contribution < -0.4 is 14.8 Å². The predicted molar refractivity (Wildman–Crippen MR) is 67.0 cm³/mol. The van der Waals surface area contributed by atoms with Crippen molar-refractivity contribution in [2.45, 2.75) is 38.9 Å². The molecular weight excluding hydrogens is 232 g/mol. The Bertz CT molecular complexity index is 442. The molecule has 2 rings (SSSR count). The van der Waals surface area contributed by atoms with Crippen molar-refractivity contribution in [3.05, 3.63) is 18.0 Å². The van der Waals surface area contributed by atoms with Crippen LogP contribution in [-0.4, -0.2) is 30.1 Å². The van der Waals surface area contributed by atoms with Gasteiger partial charge in [-0.05, 0) is 26.7 Å². The molecule has 5 nitrogen and oxygen atoms in total. The smallest absolute Gasteiger partial charge is 0.269 e. The second kappa shape index (κ2) is 5.25. The van der Waals surface area contributed by atoms with E-state index < -0.39 is 0 Å². The van der Waals surface area contributed by atoms with Crippen molar-refractivity contribution in [1.82, 2.24) is 10.3 Å². The number of carbonyl (C=O) groups is 1. The SMILES string of the molecule is CNC(=O)c1cc(OC2CC2)c(OC(C)C)cn1. The van der Waals surface area contributed by atoms with Crippen LogP contribution in [-0.2, 0) is 0 Å². The molecule has 1 aromatic rings. The zero-order valence-electron chi connectivity index (χ0n) is 10.9. The molecule has 1 amide bonds. The number of hydrogen-bond acceptors (Lipinski definition) is 4. The summed E-state index contributed by atoms with van der Waals surface area (Å²) in [6.45, 7) is 3.88. The number of rotatable bonds is 5. The number of carbonyl (C=O) groups excluding carboxylic acids is 1. The molecule has 1 fully saturated rings. The number of nitrogens with one attached hydrogen (secondary N) is 1. The van der Waals surface area contributed by atoms with Gasteiger partial charge in [-0.1, -0.05) is 0 Å². The number of pyridine rings is 1. The van der Waals surface area contributed by atoms with E-state index in [0.717, 1.165) is 12.8 Å². The largest absolute Gasteiger partial charge is 0.486 e. The minimum atomic E-state index is -0.230. The summed E-state index contributed by atoms with van der Waals surface area (Å²) in [7, 11) is 1.57. The van der Waals surface area contributed by atoms with Crippen LogP contribution in [0.1, 0.15) is 37.2 Å². The van der Waals surface area contributed by atoms with Gasteiger partial charge >= 0.3 is 0 Å². The molecule has 1 heterocycles. The monoisotopic (exact) mass is 250 g/mol. The fraction of sp³-hybridized carbons (Fsp3) is 0.538. The first-order chi connectivity index (χ1) is 8.60. The molecule has 0 saturated heterocycles. The van der Waals surface area contributed by atoms with Crippen LogP contribution in [0.5, 0.6) is 11.5 Å². The van der Waals surface area contributed by atoms with Crippen molar-refractivity contribution in [3.8, 4) is 11.5 Å². The van der Waals surface area contributed by atoms with E-state index in [0.29, 0.717) is 17.2 Å². The van der Waals surface area contributed by atoms with Crippen molar-refractivity contribution in [1.29, 1.82) is 0 Å². The van der Waals surface area contributed by atoms with Crippen molar-refractivity contribution in [2.75, 3.05) is 7.05 Å². The van der Waals surface area contributed by atoms with Crippen molar-refractivity contribution in [3.63, 3.8) is 0 Å². The molecule has 0 radical (unpaired) electrons. The van der Waals surface area contributed by atoms with E-state index in [-0.39, 0.29) is 18.1 Å². The average Bonchev–Trinajstić information content (AvgIpc) is 3.13. The highest BCUT2D eigenvalue weighted by molar-refractivity contribution is 5.92. The number of amides is 1. The fourth-order valence-electron chi connectivity index (χ4n) is 1.48. The van der Waals surface area contributed by atoms with E-state index >= 15 is 0 Å². The molecule has 98 valence electrons. The van der Waals surface area contributed by atoms with Gasteiger partial charge in [0.25, 0.3) is 5.91 Å². The summed E-state index contributed by atoms with van der Waals surface area (Å²) in [5.41, 5.74) is 0.337. The molecule has 0 aliphatic heterocycles. The van der Waals surface area contributed by atoms with Gasteiger partial charge in [-0.3, -0.25) is 4.79 Å². The second-order valence-electron chi connectivity index (χ2n) is 4.58. The van der Waals surface area contributed by atoms with E-state index in [9.17, 15) is 4.79 Å². The summed E-state index contributed by atoms with van der Waals surface area (Å²) < 4.78 is 11.4. The maximum Gasteiger partial charge on any atom is 0.269 e. The molecule has 0 spiro atoms. The first kappa shape index (κ1) is 12.7. The topological polar surface area (TPSA) is 60.5 Å². The van der Waals surface area contributed by atoms with Crippen LogP contribution in [0.4, 0.5) is 0 Å². The summed E-state index contributed by atoms with van der Waals surface area (Å²) >= 11 is 0. The van der Waals surface area contributed by atoms with Gasteiger partial charge < -0.3 is 14.8 Å². The lowest BCUT2D eigenvalue weighted by molar-refractivity contribution is 0.0957. The third-order valence-electron chi connectivity index (χ3n) is 2.47. The van der Waals surface area contributed by atoms with Gasteiger partial charge in [0.2, 0.25) is 0 Å². The molecule has 1 aromatic heterocycles. The van der Waals surface area contributed by atoms with Crippen molar-refractivity contribution in [2.24, 2.45) is 0 Å². The molecule has 0 aromatic carbocycles. The third-order valence-corrected chi connectivity index (χ3v) is 2.47. The summed E-state index contributed by atoms with van der Waals surface area (Å²) in [5.74, 6) is 0.955. The first-order valence-electron chi connectivity index (χ1n) is 6.15. The lowest BCUT2D eigenvalue weighted by Gasteiger charge is -2.15. The van der Waals surface area contributed by atoms with Gasteiger partial charge in [-0.25, -0.2) is 4.98 Å². The Morgan fingerprint density at radius 2 is 2.17 bits per heavy atom. The van der Waals surface area contributed by atoms with Gasteiger partial charge in [-0.2, -0.15) is 0 Å². The quantitative estimate of drug-likeness (QED) is 0.865. The highest BCUT2D eigenvalue weighted by Crippen LogP contribution is 2.34. The number of hydrogen-bond donors (Lipinski definition) is 1. The van der Waals surface area contributed by atoms with Crippen LogP contribution in [0.2, 0.25) is 0 Å². The van der Waals surface area contributed by atoms with E-state index in [2.05, 4.69) is 10.3 Å². The van der Waals surface area contributed by atoms with Crippen LogP contribution in [0, 0.1) is 0 Å². The predicted octanol–water partition coefficient (Wildman–Crippen LogP) is 1.77. The molecular formula is C13H18N2O3. The summed E-state index contributed by atoms with van der Waals surface area (Å²) in [6.07, 6.45) is 3.94. The average molecular weight is 250 g/mol. The Balaban J connectivity index is 2.24. The summed E-state index contributed by atoms with van der Waals surface area (Å²) in [6, 6.07) is 1.63. The highest BCUT2D eigenvalue weighted by atomic mass is 16.5. The lowest BCUT2D eigenvalue weighted by atomic mass is 10.3. The second-order valence-corrected chi connectivity index (χ2v) is 4.58. The normalized spacial score (nSPS) is 14.4. The third kappa shape index (κ3) is 3.12. The molecule has 18 heavy (non-hydrogen) atoms. The summed E-state index contributed by atoms with van der Waals surface area (Å²) in [5, 5.41) is 2.54. The van der Waals surface area contributed by atoms with Crippen LogP contribution >= 0.6 is 0 Å². The highest BCUT2D eigenvalue weighted by Gasteiger charge is 2.26. The van der Waals surface area contributed by atoms with Crippen LogP contribution in [0.3, 0.4) is 0 Å². The van der Waals surface area contributed by atoms with E-state index in [1.807, 2.05) is 13.8 Å². The molecule has 0 atom stereocenters. The van der Waals surface area contributed by atoms with Gasteiger partial charge in [0.15, 0.2) is 11.5 Å². The molecule has 0 bridgehead atoms. The van der Waals surface area contributed by atoms with Gasteiger partial charge in [-0.15, -0.1) is 0 Å². The van der Waals surface area contributed by atoms with E-state index in [1.165, 1.54) is 0 Å². The van der Waals surface area contributed by atoms with Crippen molar-refractivity contribution < 1.29 is 14.3 Å². The van der Waals surface area contributed by atoms with Gasteiger partial charge in [0, 0.05) is 13.1 Å². The van der Waals surface area contributed by atoms with Crippen LogP contribution in [0.25, 0.3) is 0 Å². The number of aromatic nitrogens is 1. The van der Waals surface area contributed by atoms with Gasteiger partial charge in [0.05, 0.1) is 18.4 Å². The maximum atomic E-state index is 11.5. The fourth-order valence-corrected chi connectivity index (χ4v) is 1.48. The molecule has 1 aliphatic rings. The Morgan fingerprint density at radius 3 is 2.72 bits per heavy atom. The van der Waals surface area contributed by atoms with Crippen molar-refractivity contribution >= 4 is 5.91 Å². The van der Waals surface area contributed by atoms with E-state index in [4.69, 9.17) is 9.47 Å². The zero-order valence-corrected chi connectivity index (χ0v) is 10.9. The molecule has 1 aliphatic carbocycles. The standard InChI is InChI=1S/C13H18N2O3/c1-8(2)17-12-7-15-10(13(16)14-3)6-11(12)18-9-4-5-9/h6-9H,4-5H2,1-3H3,(H,14,16). The Kier molecular flexibility index (Phi) is 3.69. The van der Waals surface area contributed by atoms with E-state index in [1.54, 1.807) is 19.3 Å². The number of ether oxygens (including phenoxy) is 2. The molecule has 5 heteroatoms.